The first-order valence-electron chi connectivity index (χ1n) is 8.12. The van der Waals surface area contributed by atoms with Crippen molar-refractivity contribution < 1.29 is 9.53 Å². The van der Waals surface area contributed by atoms with Gasteiger partial charge in [0.1, 0.15) is 0 Å². The van der Waals surface area contributed by atoms with Crippen molar-refractivity contribution in [2.45, 2.75) is 45.1 Å². The molecular formula is C15H27N3O2S. The number of hydrogen-bond acceptors (Lipinski definition) is 3. The van der Waals surface area contributed by atoms with E-state index < -0.39 is 0 Å². The Balaban J connectivity index is 1.74. The fourth-order valence-electron chi connectivity index (χ4n) is 2.89. The molecule has 2 rings (SSSR count). The van der Waals surface area contributed by atoms with Gasteiger partial charge in [0.05, 0.1) is 12.0 Å². The van der Waals surface area contributed by atoms with Gasteiger partial charge in [0.2, 0.25) is 5.91 Å². The lowest BCUT2D eigenvalue weighted by atomic mass is 9.97. The van der Waals surface area contributed by atoms with Gasteiger partial charge in [-0.15, -0.1) is 0 Å². The minimum absolute atomic E-state index is 0.0628. The number of hydrogen-bond donors (Lipinski definition) is 2. The normalized spacial score (nSPS) is 25.7. The van der Waals surface area contributed by atoms with E-state index >= 15 is 0 Å². The maximum Gasteiger partial charge on any atom is 0.224 e. The third-order valence-electron chi connectivity index (χ3n) is 4.13. The molecule has 0 bridgehead atoms. The summed E-state index contributed by atoms with van der Waals surface area (Å²) in [6, 6.07) is 0. The Morgan fingerprint density at radius 2 is 2.19 bits per heavy atom. The van der Waals surface area contributed by atoms with E-state index in [-0.39, 0.29) is 17.9 Å². The van der Waals surface area contributed by atoms with E-state index in [4.69, 9.17) is 17.0 Å². The number of carbonyl (C=O) groups is 1. The molecule has 2 fully saturated rings. The molecule has 2 heterocycles. The van der Waals surface area contributed by atoms with Crippen molar-refractivity contribution >= 4 is 23.2 Å². The molecule has 6 heteroatoms. The largest absolute Gasteiger partial charge is 0.376 e. The molecule has 2 aliphatic rings. The summed E-state index contributed by atoms with van der Waals surface area (Å²) < 4.78 is 5.59. The van der Waals surface area contributed by atoms with Crippen LogP contribution in [-0.2, 0) is 9.53 Å². The van der Waals surface area contributed by atoms with Crippen molar-refractivity contribution in [3.05, 3.63) is 0 Å². The Hall–Kier alpha value is -0.880. The molecule has 1 amide bonds. The molecule has 0 aromatic carbocycles. The number of nitrogens with one attached hydrogen (secondary N) is 2. The van der Waals surface area contributed by atoms with Crippen LogP contribution in [0.2, 0.25) is 0 Å². The van der Waals surface area contributed by atoms with Crippen LogP contribution in [0.25, 0.3) is 0 Å². The Morgan fingerprint density at radius 3 is 2.90 bits per heavy atom. The minimum Gasteiger partial charge on any atom is -0.376 e. The van der Waals surface area contributed by atoms with Crippen LogP contribution in [0.3, 0.4) is 0 Å². The van der Waals surface area contributed by atoms with Crippen molar-refractivity contribution in [3.8, 4) is 0 Å². The summed E-state index contributed by atoms with van der Waals surface area (Å²) >= 11 is 5.46. The van der Waals surface area contributed by atoms with Gasteiger partial charge in [-0.25, -0.2) is 0 Å². The number of nitrogens with zero attached hydrogens (tertiary/aromatic N) is 1. The molecule has 0 saturated carbocycles. The molecule has 0 aromatic rings. The molecule has 0 aliphatic carbocycles. The first-order chi connectivity index (χ1) is 10.2. The smallest absolute Gasteiger partial charge is 0.224 e. The van der Waals surface area contributed by atoms with Crippen molar-refractivity contribution in [1.82, 2.24) is 15.5 Å². The summed E-state index contributed by atoms with van der Waals surface area (Å²) in [4.78, 5) is 14.2. The van der Waals surface area contributed by atoms with Gasteiger partial charge in [0.25, 0.3) is 0 Å². The van der Waals surface area contributed by atoms with Crippen LogP contribution < -0.4 is 10.6 Å². The van der Waals surface area contributed by atoms with Crippen LogP contribution in [0.15, 0.2) is 0 Å². The minimum atomic E-state index is 0.0628. The van der Waals surface area contributed by atoms with E-state index in [0.29, 0.717) is 0 Å². The second kappa shape index (κ2) is 8.54. The van der Waals surface area contributed by atoms with Gasteiger partial charge in [-0.05, 0) is 44.3 Å². The summed E-state index contributed by atoms with van der Waals surface area (Å²) in [5.41, 5.74) is 0. The Kier molecular flexibility index (Phi) is 6.70. The number of amides is 1. The molecule has 5 nitrogen and oxygen atoms in total. The number of thiocarbonyl (C=S) groups is 1. The summed E-state index contributed by atoms with van der Waals surface area (Å²) in [5.74, 6) is 0.233. The zero-order valence-corrected chi connectivity index (χ0v) is 13.7. The molecule has 0 unspecified atom stereocenters. The standard InChI is InChI=1S/C15H27N3O2S/c1-2-7-16-14(19)12-5-3-8-18(11-12)15(21)17-10-13-6-4-9-20-13/h12-13H,2-11H2,1H3,(H,16,19)(H,17,21)/t12-,13-/m0/s1. The van der Waals surface area contributed by atoms with Crippen molar-refractivity contribution in [1.29, 1.82) is 0 Å². The van der Waals surface area contributed by atoms with E-state index in [0.717, 1.165) is 70.0 Å². The lowest BCUT2D eigenvalue weighted by Crippen LogP contribution is -2.49. The number of rotatable bonds is 5. The van der Waals surface area contributed by atoms with Crippen molar-refractivity contribution in [3.63, 3.8) is 0 Å². The number of carbonyl (C=O) groups excluding carboxylic acids is 1. The van der Waals surface area contributed by atoms with E-state index in [1.807, 2.05) is 0 Å². The zero-order valence-electron chi connectivity index (χ0n) is 12.9. The summed E-state index contributed by atoms with van der Waals surface area (Å²) in [7, 11) is 0. The lowest BCUT2D eigenvalue weighted by molar-refractivity contribution is -0.126. The zero-order chi connectivity index (χ0) is 15.1. The Labute approximate surface area is 132 Å². The van der Waals surface area contributed by atoms with Gasteiger partial charge >= 0.3 is 0 Å². The highest BCUT2D eigenvalue weighted by molar-refractivity contribution is 7.80. The maximum absolute atomic E-state index is 12.1. The number of likely N-dealkylation sites (tertiary alicyclic amines) is 1. The van der Waals surface area contributed by atoms with Gasteiger partial charge < -0.3 is 20.3 Å². The molecular weight excluding hydrogens is 286 g/mol. The second-order valence-electron chi connectivity index (χ2n) is 5.90. The van der Waals surface area contributed by atoms with Crippen LogP contribution in [0.1, 0.15) is 39.0 Å². The molecule has 0 radical (unpaired) electrons. The highest BCUT2D eigenvalue weighted by Gasteiger charge is 2.27. The van der Waals surface area contributed by atoms with Crippen LogP contribution in [0.5, 0.6) is 0 Å². The van der Waals surface area contributed by atoms with Crippen LogP contribution in [0, 0.1) is 5.92 Å². The average Bonchev–Trinajstić information content (AvgIpc) is 3.03. The first kappa shape index (κ1) is 16.5. The molecule has 120 valence electrons. The third-order valence-corrected chi connectivity index (χ3v) is 4.54. The van der Waals surface area contributed by atoms with Gasteiger partial charge in [0.15, 0.2) is 5.11 Å². The molecule has 2 atom stereocenters. The topological polar surface area (TPSA) is 53.6 Å². The van der Waals surface area contributed by atoms with Crippen molar-refractivity contribution in [2.75, 3.05) is 32.8 Å². The number of piperidine rings is 1. The van der Waals surface area contributed by atoms with Crippen molar-refractivity contribution in [2.24, 2.45) is 5.92 Å². The summed E-state index contributed by atoms with van der Waals surface area (Å²) in [5, 5.41) is 7.05. The van der Waals surface area contributed by atoms with E-state index in [1.54, 1.807) is 0 Å². The van der Waals surface area contributed by atoms with E-state index in [1.165, 1.54) is 0 Å². The van der Waals surface area contributed by atoms with Gasteiger partial charge in [-0.3, -0.25) is 4.79 Å². The molecule has 2 aliphatic heterocycles. The quantitative estimate of drug-likeness (QED) is 0.749. The van der Waals surface area contributed by atoms with E-state index in [9.17, 15) is 4.79 Å². The van der Waals surface area contributed by atoms with E-state index in [2.05, 4.69) is 22.5 Å². The fourth-order valence-corrected chi connectivity index (χ4v) is 3.14. The van der Waals surface area contributed by atoms with Gasteiger partial charge in [-0.2, -0.15) is 0 Å². The highest BCUT2D eigenvalue weighted by Crippen LogP contribution is 2.17. The monoisotopic (exact) mass is 313 g/mol. The lowest BCUT2D eigenvalue weighted by Gasteiger charge is -2.34. The van der Waals surface area contributed by atoms with Crippen LogP contribution >= 0.6 is 12.2 Å². The predicted molar refractivity (Wildman–Crippen MR) is 87.2 cm³/mol. The molecule has 2 N–H and O–H groups in total. The Bertz CT molecular complexity index is 359. The fraction of sp³-hybridized carbons (Fsp3) is 0.867. The molecule has 2 saturated heterocycles. The molecule has 0 aromatic heterocycles. The SMILES string of the molecule is CCCNC(=O)[C@H]1CCCN(C(=S)NC[C@@H]2CCCO2)C1. The van der Waals surface area contributed by atoms with Crippen LogP contribution in [-0.4, -0.2) is 54.8 Å². The molecule has 0 spiro atoms. The number of ether oxygens (including phenoxy) is 1. The second-order valence-corrected chi connectivity index (χ2v) is 6.28. The predicted octanol–water partition coefficient (Wildman–Crippen LogP) is 1.28. The average molecular weight is 313 g/mol. The highest BCUT2D eigenvalue weighted by atomic mass is 32.1. The van der Waals surface area contributed by atoms with Crippen LogP contribution in [0.4, 0.5) is 0 Å². The maximum atomic E-state index is 12.1. The van der Waals surface area contributed by atoms with Gasteiger partial charge in [-0.1, -0.05) is 6.92 Å². The summed E-state index contributed by atoms with van der Waals surface area (Å²) in [6.07, 6.45) is 5.49. The summed E-state index contributed by atoms with van der Waals surface area (Å²) in [6.45, 7) is 6.14. The third kappa shape index (κ3) is 5.11. The van der Waals surface area contributed by atoms with Gasteiger partial charge in [0, 0.05) is 32.8 Å². The first-order valence-corrected chi connectivity index (χ1v) is 8.53. The molecule has 21 heavy (non-hydrogen) atoms. The Morgan fingerprint density at radius 1 is 1.33 bits per heavy atom.